The highest BCUT2D eigenvalue weighted by Crippen LogP contribution is 2.38. The summed E-state index contributed by atoms with van der Waals surface area (Å²) >= 11 is 1.93. The van der Waals surface area contributed by atoms with E-state index < -0.39 is 46.1 Å². The molecule has 6 heterocycles. The first-order valence-electron chi connectivity index (χ1n) is 21.0. The fourth-order valence-electron chi connectivity index (χ4n) is 8.06. The van der Waals surface area contributed by atoms with Gasteiger partial charge in [-0.1, -0.05) is 12.5 Å². The molecule has 0 unspecified atom stereocenters. The lowest BCUT2D eigenvalue weighted by molar-refractivity contribution is -0.125. The number of imidazole rings is 1. The number of primary amides is 1. The Morgan fingerprint density at radius 3 is 2.50 bits per heavy atom. The number of carbonyl (C=O) groups excluding carboxylic acids is 2. The summed E-state index contributed by atoms with van der Waals surface area (Å²) in [7, 11) is 0. The second-order valence-electron chi connectivity index (χ2n) is 17.1. The zero-order chi connectivity index (χ0) is 45.7. The molecular weight excluding hydrogens is 942 g/mol. The van der Waals surface area contributed by atoms with E-state index in [0.717, 1.165) is 77.5 Å². The number of hydrogen-bond acceptors (Lipinski definition) is 10. The van der Waals surface area contributed by atoms with Crippen molar-refractivity contribution in [3.8, 4) is 39.8 Å². The fourth-order valence-corrected chi connectivity index (χ4v) is 8.51. The van der Waals surface area contributed by atoms with Gasteiger partial charge in [-0.2, -0.15) is 10.2 Å². The van der Waals surface area contributed by atoms with Crippen molar-refractivity contribution >= 4 is 45.8 Å². The summed E-state index contributed by atoms with van der Waals surface area (Å²) in [4.78, 5) is 35.7. The number of hydrogen-bond donors (Lipinski definition) is 4. The van der Waals surface area contributed by atoms with Crippen molar-refractivity contribution in [2.75, 3.05) is 31.6 Å². The van der Waals surface area contributed by atoms with Gasteiger partial charge in [0.15, 0.2) is 17.5 Å². The number of likely N-dealkylation sites (tertiary alicyclic amines) is 1. The van der Waals surface area contributed by atoms with E-state index in [1.165, 1.54) is 23.1 Å². The number of aromatic nitrogens is 7. The SMILES string of the molecule is Cc1nc(-c2cn3c(n2)-c2ccc(-c4cnn(C(C)(C)C(N)=O)c4)cc2OCC3)n(C(C)C)n1.O=C(c1ccc(F)c(F)c1Nc1ccc(I)cc1F)N1CC(O)([C@@H]2CCCCN2)C1. The van der Waals surface area contributed by atoms with Gasteiger partial charge in [-0.15, -0.1) is 0 Å². The zero-order valence-electron chi connectivity index (χ0n) is 36.0. The number of ether oxygens (including phenoxy) is 1. The molecule has 3 aliphatic heterocycles. The molecule has 0 spiro atoms. The second-order valence-corrected chi connectivity index (χ2v) is 18.4. The number of halogens is 4. The lowest BCUT2D eigenvalue weighted by atomic mass is 9.81. The third-order valence-corrected chi connectivity index (χ3v) is 12.5. The molecule has 3 aromatic carbocycles. The van der Waals surface area contributed by atoms with Crippen LogP contribution in [0.15, 0.2) is 67.1 Å². The molecule has 19 heteroatoms. The number of rotatable bonds is 9. The summed E-state index contributed by atoms with van der Waals surface area (Å²) in [5.41, 5.74) is 6.46. The predicted octanol–water partition coefficient (Wildman–Crippen LogP) is 6.96. The Morgan fingerprint density at radius 1 is 1.02 bits per heavy atom. The van der Waals surface area contributed by atoms with Crippen LogP contribution in [-0.2, 0) is 16.9 Å². The number of carbonyl (C=O) groups is 2. The van der Waals surface area contributed by atoms with Gasteiger partial charge in [0.25, 0.3) is 5.91 Å². The molecular formula is C45H49F3IN11O4. The lowest BCUT2D eigenvalue weighted by Crippen LogP contribution is -2.72. The molecule has 5 N–H and O–H groups in total. The monoisotopic (exact) mass is 991 g/mol. The number of aryl methyl sites for hydroxylation is 1. The molecule has 3 aromatic heterocycles. The van der Waals surface area contributed by atoms with Crippen molar-refractivity contribution in [2.24, 2.45) is 5.73 Å². The molecule has 2 fully saturated rings. The van der Waals surface area contributed by atoms with E-state index >= 15 is 0 Å². The van der Waals surface area contributed by atoms with Crippen LogP contribution in [0.4, 0.5) is 24.5 Å². The van der Waals surface area contributed by atoms with Crippen LogP contribution in [0.2, 0.25) is 0 Å². The Kier molecular flexibility index (Phi) is 12.3. The van der Waals surface area contributed by atoms with Gasteiger partial charge in [0.1, 0.15) is 46.7 Å². The molecule has 64 heavy (non-hydrogen) atoms. The zero-order valence-corrected chi connectivity index (χ0v) is 38.2. The highest BCUT2D eigenvalue weighted by Gasteiger charge is 2.50. The van der Waals surface area contributed by atoms with Crippen molar-refractivity contribution in [3.05, 3.63) is 99.5 Å². The number of piperidine rings is 1. The quantitative estimate of drug-likeness (QED) is 0.111. The van der Waals surface area contributed by atoms with Gasteiger partial charge < -0.3 is 35.7 Å². The highest BCUT2D eigenvalue weighted by atomic mass is 127. The Bertz CT molecular complexity index is 2740. The van der Waals surface area contributed by atoms with Crippen molar-refractivity contribution in [1.82, 2.24) is 44.3 Å². The normalized spacial score (nSPS) is 16.7. The first-order valence-corrected chi connectivity index (χ1v) is 22.1. The molecule has 2 saturated heterocycles. The smallest absolute Gasteiger partial charge is 0.256 e. The molecule has 3 aliphatic rings. The number of amides is 2. The summed E-state index contributed by atoms with van der Waals surface area (Å²) in [6.07, 6.45) is 8.44. The Hall–Kier alpha value is -5.80. The predicted molar refractivity (Wildman–Crippen MR) is 242 cm³/mol. The number of fused-ring (bicyclic) bond motifs is 3. The first-order chi connectivity index (χ1) is 30.4. The van der Waals surface area contributed by atoms with Crippen LogP contribution < -0.4 is 21.1 Å². The Morgan fingerprint density at radius 2 is 1.80 bits per heavy atom. The van der Waals surface area contributed by atoms with E-state index in [9.17, 15) is 27.9 Å². The van der Waals surface area contributed by atoms with Gasteiger partial charge in [-0.3, -0.25) is 14.3 Å². The third-order valence-electron chi connectivity index (χ3n) is 11.8. The number of nitrogens with zero attached hydrogens (tertiary/aromatic N) is 8. The molecule has 0 aliphatic carbocycles. The Labute approximate surface area is 381 Å². The van der Waals surface area contributed by atoms with Crippen molar-refractivity contribution in [3.63, 3.8) is 0 Å². The van der Waals surface area contributed by atoms with E-state index in [0.29, 0.717) is 16.7 Å². The van der Waals surface area contributed by atoms with E-state index in [2.05, 4.69) is 44.2 Å². The van der Waals surface area contributed by atoms with Crippen molar-refractivity contribution in [1.29, 1.82) is 0 Å². The minimum Gasteiger partial charge on any atom is -0.491 e. The van der Waals surface area contributed by atoms with Crippen LogP contribution in [-0.4, -0.2) is 93.8 Å². The number of nitrogens with two attached hydrogens (primary N) is 1. The van der Waals surface area contributed by atoms with Gasteiger partial charge in [0.2, 0.25) is 5.91 Å². The molecule has 0 saturated carbocycles. The molecule has 9 rings (SSSR count). The third kappa shape index (κ3) is 8.71. The summed E-state index contributed by atoms with van der Waals surface area (Å²) < 4.78 is 55.0. The van der Waals surface area contributed by atoms with Crippen LogP contribution in [0.25, 0.3) is 34.0 Å². The van der Waals surface area contributed by atoms with E-state index in [4.69, 9.17) is 15.5 Å². The Balaban J connectivity index is 0.000000176. The van der Waals surface area contributed by atoms with Gasteiger partial charge in [-0.25, -0.2) is 27.8 Å². The molecule has 2 amide bonds. The van der Waals surface area contributed by atoms with Crippen LogP contribution in [0.1, 0.15) is 69.2 Å². The largest absolute Gasteiger partial charge is 0.491 e. The van der Waals surface area contributed by atoms with Crippen molar-refractivity contribution in [2.45, 2.75) is 83.6 Å². The topological polar surface area (TPSA) is 183 Å². The average Bonchev–Trinajstić information content (AvgIpc) is 4.00. The number of nitrogens with one attached hydrogen (secondary N) is 2. The summed E-state index contributed by atoms with van der Waals surface area (Å²) in [5, 5.41) is 25.5. The van der Waals surface area contributed by atoms with E-state index in [-0.39, 0.29) is 36.4 Å². The standard InChI is InChI=1S/C24H28N8O2.C21H21F3IN3O2/c1-14(2)32-22(27-15(3)29-32)19-13-30-8-9-34-20-10-16(6-7-18(20)21(30)28-19)17-11-26-31(12-17)24(4,5)23(25)33;22-14-6-5-13(19(18(14)24)27-16-7-4-12(25)9-15(16)23)20(29)28-10-21(30,11-28)17-3-1-2-8-26-17/h6-7,10-14H,8-9H2,1-5H3,(H2,25,33);4-7,9,17,26-27,30H,1-3,8,10-11H2/t;17-/m.0/s1. The van der Waals surface area contributed by atoms with Crippen LogP contribution in [0.5, 0.6) is 5.75 Å². The maximum atomic E-state index is 14.6. The van der Waals surface area contributed by atoms with E-state index in [1.807, 2.05) is 64.8 Å². The highest BCUT2D eigenvalue weighted by molar-refractivity contribution is 14.1. The maximum absolute atomic E-state index is 14.6. The molecule has 0 radical (unpaired) electrons. The van der Waals surface area contributed by atoms with Crippen LogP contribution >= 0.6 is 22.6 Å². The average molecular weight is 992 g/mol. The number of aliphatic hydroxyl groups is 1. The summed E-state index contributed by atoms with van der Waals surface area (Å²) in [6.45, 7) is 11.7. The van der Waals surface area contributed by atoms with Crippen molar-refractivity contribution < 1.29 is 32.6 Å². The van der Waals surface area contributed by atoms with E-state index in [1.54, 1.807) is 30.8 Å². The molecule has 1 atom stereocenters. The number of benzene rings is 3. The van der Waals surface area contributed by atoms with Crippen LogP contribution in [0.3, 0.4) is 0 Å². The van der Waals surface area contributed by atoms with Gasteiger partial charge in [-0.05, 0) is 125 Å². The van der Waals surface area contributed by atoms with Gasteiger partial charge >= 0.3 is 0 Å². The van der Waals surface area contributed by atoms with Crippen LogP contribution in [0, 0.1) is 27.9 Å². The van der Waals surface area contributed by atoms with Gasteiger partial charge in [0, 0.05) is 33.6 Å². The number of anilines is 2. The first kappa shape index (κ1) is 44.8. The minimum atomic E-state index is -1.26. The molecule has 336 valence electrons. The molecule has 15 nitrogen and oxygen atoms in total. The van der Waals surface area contributed by atoms with Gasteiger partial charge in [0.05, 0.1) is 48.3 Å². The molecule has 0 bridgehead atoms. The lowest BCUT2D eigenvalue weighted by Gasteiger charge is -2.51. The fraction of sp³-hybridized carbons (Fsp3) is 0.378. The maximum Gasteiger partial charge on any atom is 0.256 e. The number of β-amino-alcohol motifs (C(OH)–C–C–N with tert-alkyl or cyclic N) is 1. The summed E-state index contributed by atoms with van der Waals surface area (Å²) in [5.74, 6) is -0.994. The molecule has 6 aromatic rings. The summed E-state index contributed by atoms with van der Waals surface area (Å²) in [6, 6.07) is 12.4. The second kappa shape index (κ2) is 17.6. The minimum absolute atomic E-state index is 0.0690.